The number of hydrogen-bond donors (Lipinski definition) is 1. The molecule has 1 atom stereocenters. The first kappa shape index (κ1) is 13.8. The van der Waals surface area contributed by atoms with E-state index in [1.807, 2.05) is 0 Å². The molecule has 0 saturated carbocycles. The van der Waals surface area contributed by atoms with Crippen LogP contribution in [0.25, 0.3) is 0 Å². The summed E-state index contributed by atoms with van der Waals surface area (Å²) in [5, 5.41) is 0. The van der Waals surface area contributed by atoms with Gasteiger partial charge in [-0.15, -0.1) is 0 Å². The normalized spacial score (nSPS) is 14.8. The Kier molecular flexibility index (Phi) is 3.42. The van der Waals surface area contributed by atoms with Gasteiger partial charge in [-0.3, -0.25) is 0 Å². The van der Waals surface area contributed by atoms with Crippen molar-refractivity contribution in [3.63, 3.8) is 0 Å². The third-order valence-electron chi connectivity index (χ3n) is 2.28. The molecule has 17 heavy (non-hydrogen) atoms. The zero-order valence-corrected chi connectivity index (χ0v) is 8.65. The van der Waals surface area contributed by atoms with Crippen molar-refractivity contribution in [1.82, 2.24) is 0 Å². The second-order valence-corrected chi connectivity index (χ2v) is 3.59. The maximum atomic E-state index is 12.5. The van der Waals surface area contributed by atoms with Gasteiger partial charge in [0.1, 0.15) is 6.04 Å². The zero-order chi connectivity index (χ0) is 13.4. The average molecular weight is 257 g/mol. The number of benzene rings is 1. The fraction of sp³-hybridized carbons (Fsp3) is 0.400. The van der Waals surface area contributed by atoms with Gasteiger partial charge < -0.3 is 5.73 Å². The number of nitrogens with two attached hydrogens (primary N) is 1. The maximum Gasteiger partial charge on any atom is 0.416 e. The zero-order valence-electron chi connectivity index (χ0n) is 8.65. The van der Waals surface area contributed by atoms with E-state index in [4.69, 9.17) is 5.73 Å². The van der Waals surface area contributed by atoms with Crippen LogP contribution < -0.4 is 5.73 Å². The molecule has 1 rings (SSSR count). The van der Waals surface area contributed by atoms with Gasteiger partial charge in [-0.25, -0.2) is 0 Å². The van der Waals surface area contributed by atoms with E-state index in [0.717, 1.165) is 12.1 Å². The van der Waals surface area contributed by atoms with Crippen molar-refractivity contribution in [3.8, 4) is 0 Å². The van der Waals surface area contributed by atoms with Gasteiger partial charge in [0.15, 0.2) is 0 Å². The summed E-state index contributed by atoms with van der Waals surface area (Å²) in [6, 6.07) is -0.0517. The van der Waals surface area contributed by atoms with E-state index in [0.29, 0.717) is 6.07 Å². The van der Waals surface area contributed by atoms with Crippen LogP contribution in [0.15, 0.2) is 18.2 Å². The molecule has 0 fully saturated rings. The quantitative estimate of drug-likeness (QED) is 0.764. The van der Waals surface area contributed by atoms with Crippen molar-refractivity contribution in [3.05, 3.63) is 34.9 Å². The Labute approximate surface area is 93.2 Å². The summed E-state index contributed by atoms with van der Waals surface area (Å²) in [5.41, 5.74) is 3.00. The molecule has 2 N–H and O–H groups in total. The fourth-order valence-corrected chi connectivity index (χ4v) is 1.33. The standard InChI is InChI=1S/C10H9F6N/c1-5-2-3-6(8(17)10(14,15)16)4-7(5)9(11,12)13/h2-4,8H,17H2,1H3. The summed E-state index contributed by atoms with van der Waals surface area (Å²) in [6.07, 6.45) is -9.45. The van der Waals surface area contributed by atoms with Crippen LogP contribution in [-0.4, -0.2) is 6.18 Å². The molecule has 7 heteroatoms. The van der Waals surface area contributed by atoms with Gasteiger partial charge in [-0.05, 0) is 24.1 Å². The van der Waals surface area contributed by atoms with Crippen molar-refractivity contribution in [2.45, 2.75) is 25.3 Å². The molecular formula is C10H9F6N. The van der Waals surface area contributed by atoms with Gasteiger partial charge in [-0.1, -0.05) is 12.1 Å². The van der Waals surface area contributed by atoms with Crippen molar-refractivity contribution >= 4 is 0 Å². The molecule has 0 saturated heterocycles. The molecule has 96 valence electrons. The molecule has 1 aromatic carbocycles. The number of aryl methyl sites for hydroxylation is 1. The van der Waals surface area contributed by atoms with Gasteiger partial charge in [0.05, 0.1) is 5.56 Å². The molecule has 0 spiro atoms. The molecule has 0 heterocycles. The lowest BCUT2D eigenvalue weighted by atomic mass is 10.00. The molecule has 0 aliphatic heterocycles. The van der Waals surface area contributed by atoms with Crippen LogP contribution in [0.1, 0.15) is 22.7 Å². The SMILES string of the molecule is Cc1ccc(C(N)C(F)(F)F)cc1C(F)(F)F. The molecule has 0 amide bonds. The van der Waals surface area contributed by atoms with E-state index < -0.39 is 29.5 Å². The van der Waals surface area contributed by atoms with Gasteiger partial charge in [0, 0.05) is 0 Å². The summed E-state index contributed by atoms with van der Waals surface area (Å²) in [4.78, 5) is 0. The Morgan fingerprint density at radius 3 is 2.00 bits per heavy atom. The highest BCUT2D eigenvalue weighted by Crippen LogP contribution is 2.36. The highest BCUT2D eigenvalue weighted by molar-refractivity contribution is 5.35. The molecule has 1 nitrogen and oxygen atoms in total. The molecule has 0 bridgehead atoms. The summed E-state index contributed by atoms with van der Waals surface area (Å²) in [5.74, 6) is 0. The summed E-state index contributed by atoms with van der Waals surface area (Å²) < 4.78 is 74.2. The van der Waals surface area contributed by atoms with Crippen molar-refractivity contribution in [2.24, 2.45) is 5.73 Å². The molecular weight excluding hydrogens is 248 g/mol. The van der Waals surface area contributed by atoms with E-state index in [1.165, 1.54) is 6.92 Å². The van der Waals surface area contributed by atoms with Crippen LogP contribution >= 0.6 is 0 Å². The summed E-state index contributed by atoms with van der Waals surface area (Å²) in [7, 11) is 0. The van der Waals surface area contributed by atoms with Crippen molar-refractivity contribution in [1.29, 1.82) is 0 Å². The van der Waals surface area contributed by atoms with Crippen LogP contribution in [-0.2, 0) is 6.18 Å². The molecule has 0 aromatic heterocycles. The van der Waals surface area contributed by atoms with Crippen LogP contribution in [0.5, 0.6) is 0 Å². The molecule has 0 aliphatic rings. The Bertz CT molecular complexity index is 406. The molecule has 1 aromatic rings. The fourth-order valence-electron chi connectivity index (χ4n) is 1.33. The highest BCUT2D eigenvalue weighted by atomic mass is 19.4. The molecule has 0 radical (unpaired) electrons. The lowest BCUT2D eigenvalue weighted by molar-refractivity contribution is -0.150. The first-order chi connectivity index (χ1) is 7.53. The van der Waals surface area contributed by atoms with E-state index in [-0.39, 0.29) is 5.56 Å². The number of rotatable bonds is 1. The lowest BCUT2D eigenvalue weighted by Crippen LogP contribution is -2.28. The van der Waals surface area contributed by atoms with E-state index in [2.05, 4.69) is 0 Å². The van der Waals surface area contributed by atoms with Gasteiger partial charge in [0.2, 0.25) is 0 Å². The monoisotopic (exact) mass is 257 g/mol. The Morgan fingerprint density at radius 2 is 1.59 bits per heavy atom. The summed E-state index contributed by atoms with van der Waals surface area (Å²) >= 11 is 0. The van der Waals surface area contributed by atoms with Crippen molar-refractivity contribution < 1.29 is 26.3 Å². The largest absolute Gasteiger partial charge is 0.416 e. The van der Waals surface area contributed by atoms with Crippen LogP contribution in [0.3, 0.4) is 0 Å². The van der Waals surface area contributed by atoms with Gasteiger partial charge in [-0.2, -0.15) is 26.3 Å². The Morgan fingerprint density at radius 1 is 1.06 bits per heavy atom. The number of halogens is 6. The Hall–Kier alpha value is -1.24. The third-order valence-corrected chi connectivity index (χ3v) is 2.28. The maximum absolute atomic E-state index is 12.5. The Balaban J connectivity index is 3.23. The predicted octanol–water partition coefficient (Wildman–Crippen LogP) is 3.58. The van der Waals surface area contributed by atoms with Crippen LogP contribution in [0.4, 0.5) is 26.3 Å². The highest BCUT2D eigenvalue weighted by Gasteiger charge is 2.39. The van der Waals surface area contributed by atoms with E-state index >= 15 is 0 Å². The van der Waals surface area contributed by atoms with Crippen molar-refractivity contribution in [2.75, 3.05) is 0 Å². The smallest absolute Gasteiger partial charge is 0.316 e. The third kappa shape index (κ3) is 3.12. The summed E-state index contributed by atoms with van der Waals surface area (Å²) in [6.45, 7) is 1.17. The van der Waals surface area contributed by atoms with Crippen LogP contribution in [0, 0.1) is 6.92 Å². The molecule has 1 unspecified atom stereocenters. The number of alkyl halides is 6. The van der Waals surface area contributed by atoms with E-state index in [9.17, 15) is 26.3 Å². The predicted molar refractivity (Wildman–Crippen MR) is 49.2 cm³/mol. The topological polar surface area (TPSA) is 26.0 Å². The first-order valence-corrected chi connectivity index (χ1v) is 4.53. The number of hydrogen-bond acceptors (Lipinski definition) is 1. The van der Waals surface area contributed by atoms with E-state index in [1.54, 1.807) is 0 Å². The minimum atomic E-state index is -4.77. The minimum Gasteiger partial charge on any atom is -0.316 e. The van der Waals surface area contributed by atoms with Gasteiger partial charge >= 0.3 is 12.4 Å². The second-order valence-electron chi connectivity index (χ2n) is 3.59. The lowest BCUT2D eigenvalue weighted by Gasteiger charge is -2.18. The molecule has 0 aliphatic carbocycles. The van der Waals surface area contributed by atoms with Gasteiger partial charge in [0.25, 0.3) is 0 Å². The van der Waals surface area contributed by atoms with Crippen LogP contribution in [0.2, 0.25) is 0 Å². The second kappa shape index (κ2) is 4.21. The minimum absolute atomic E-state index is 0.143. The average Bonchev–Trinajstić information content (AvgIpc) is 2.14. The first-order valence-electron chi connectivity index (χ1n) is 4.53.